The highest BCUT2D eigenvalue weighted by Gasteiger charge is 2.27. The lowest BCUT2D eigenvalue weighted by Crippen LogP contribution is -2.34. The zero-order valence-corrected chi connectivity index (χ0v) is 14.0. The first-order valence-electron chi connectivity index (χ1n) is 6.97. The molecule has 0 spiro atoms. The highest BCUT2D eigenvalue weighted by molar-refractivity contribution is 7.92. The molecule has 2 aromatic carbocycles. The summed E-state index contributed by atoms with van der Waals surface area (Å²) in [4.78, 5) is 0.346. The number of nitrogens with one attached hydrogen (secondary N) is 1. The van der Waals surface area contributed by atoms with Crippen molar-refractivity contribution < 1.29 is 8.42 Å². The Kier molecular flexibility index (Phi) is 5.11. The molecule has 4 nitrogen and oxygen atoms in total. The zero-order valence-electron chi connectivity index (χ0n) is 12.3. The Morgan fingerprint density at radius 1 is 1.09 bits per heavy atom. The smallest absolute Gasteiger partial charge is 0.264 e. The Balaban J connectivity index is 0.00000176. The molecular formula is C16H19ClN2O2S. The van der Waals surface area contributed by atoms with E-state index < -0.39 is 10.0 Å². The molecule has 2 aromatic rings. The van der Waals surface area contributed by atoms with Crippen molar-refractivity contribution in [2.24, 2.45) is 0 Å². The van der Waals surface area contributed by atoms with Gasteiger partial charge in [0, 0.05) is 19.6 Å². The molecule has 118 valence electrons. The number of fused-ring (bicyclic) bond motifs is 1. The molecule has 0 fully saturated rings. The normalized spacial score (nSPS) is 14.7. The predicted molar refractivity (Wildman–Crippen MR) is 91.1 cm³/mol. The third-order valence-electron chi connectivity index (χ3n) is 3.64. The second-order valence-corrected chi connectivity index (χ2v) is 7.06. The largest absolute Gasteiger partial charge is 0.311 e. The van der Waals surface area contributed by atoms with Gasteiger partial charge in [-0.15, -0.1) is 12.4 Å². The van der Waals surface area contributed by atoms with Crippen LogP contribution in [0.25, 0.3) is 0 Å². The van der Waals surface area contributed by atoms with E-state index in [2.05, 4.69) is 5.32 Å². The van der Waals surface area contributed by atoms with Gasteiger partial charge in [0.15, 0.2) is 0 Å². The molecule has 6 heteroatoms. The number of rotatable bonds is 2. The third-order valence-corrected chi connectivity index (χ3v) is 5.45. The quantitative estimate of drug-likeness (QED) is 0.916. The number of anilines is 1. The van der Waals surface area contributed by atoms with Gasteiger partial charge in [-0.25, -0.2) is 8.42 Å². The maximum absolute atomic E-state index is 13.0. The van der Waals surface area contributed by atoms with E-state index in [0.29, 0.717) is 24.5 Å². The number of halogens is 1. The van der Waals surface area contributed by atoms with E-state index in [1.165, 1.54) is 4.31 Å². The number of nitrogens with zero attached hydrogens (tertiary/aromatic N) is 1. The summed E-state index contributed by atoms with van der Waals surface area (Å²) < 4.78 is 27.4. The van der Waals surface area contributed by atoms with Crippen molar-refractivity contribution in [1.82, 2.24) is 5.32 Å². The van der Waals surface area contributed by atoms with E-state index in [1.807, 2.05) is 37.3 Å². The second-order valence-electron chi connectivity index (χ2n) is 5.20. The molecule has 0 aromatic heterocycles. The van der Waals surface area contributed by atoms with Crippen LogP contribution >= 0.6 is 12.4 Å². The van der Waals surface area contributed by atoms with E-state index in [4.69, 9.17) is 0 Å². The molecule has 0 amide bonds. The molecule has 1 N–H and O–H groups in total. The molecule has 0 saturated carbocycles. The van der Waals surface area contributed by atoms with Gasteiger partial charge in [0.2, 0.25) is 0 Å². The summed E-state index contributed by atoms with van der Waals surface area (Å²) in [6.07, 6.45) is 0. The Bertz CT molecular complexity index is 762. The lowest BCUT2D eigenvalue weighted by molar-refractivity contribution is 0.589. The van der Waals surface area contributed by atoms with Gasteiger partial charge in [0.25, 0.3) is 10.0 Å². The highest BCUT2D eigenvalue weighted by atomic mass is 35.5. The molecule has 0 unspecified atom stereocenters. The monoisotopic (exact) mass is 338 g/mol. The maximum Gasteiger partial charge on any atom is 0.264 e. The fourth-order valence-electron chi connectivity index (χ4n) is 2.58. The summed E-state index contributed by atoms with van der Waals surface area (Å²) >= 11 is 0. The minimum absolute atomic E-state index is 0. The van der Waals surface area contributed by atoms with Crippen LogP contribution in [-0.4, -0.2) is 21.5 Å². The van der Waals surface area contributed by atoms with Gasteiger partial charge in [-0.3, -0.25) is 4.31 Å². The molecular weight excluding hydrogens is 320 g/mol. The van der Waals surface area contributed by atoms with E-state index in [-0.39, 0.29) is 12.4 Å². The van der Waals surface area contributed by atoms with Gasteiger partial charge in [0.05, 0.1) is 10.6 Å². The molecule has 1 aliphatic heterocycles. The topological polar surface area (TPSA) is 49.4 Å². The zero-order chi connectivity index (χ0) is 14.9. The van der Waals surface area contributed by atoms with Crippen molar-refractivity contribution >= 4 is 28.1 Å². The van der Waals surface area contributed by atoms with Crippen LogP contribution in [0.5, 0.6) is 0 Å². The van der Waals surface area contributed by atoms with Crippen molar-refractivity contribution in [3.8, 4) is 0 Å². The first kappa shape index (κ1) is 16.8. The molecule has 0 radical (unpaired) electrons. The minimum atomic E-state index is -3.53. The molecule has 0 bridgehead atoms. The van der Waals surface area contributed by atoms with Crippen LogP contribution in [0.3, 0.4) is 0 Å². The third kappa shape index (κ3) is 3.11. The Morgan fingerprint density at radius 3 is 2.64 bits per heavy atom. The Labute approximate surface area is 137 Å². The summed E-state index contributed by atoms with van der Waals surface area (Å²) in [5, 5.41) is 3.26. The first-order valence-corrected chi connectivity index (χ1v) is 8.41. The van der Waals surface area contributed by atoms with E-state index in [0.717, 1.165) is 16.8 Å². The average Bonchev–Trinajstić information content (AvgIpc) is 2.70. The second kappa shape index (κ2) is 6.69. The number of para-hydroxylation sites is 1. The molecule has 1 heterocycles. The Morgan fingerprint density at radius 2 is 1.86 bits per heavy atom. The highest BCUT2D eigenvalue weighted by Crippen LogP contribution is 2.28. The van der Waals surface area contributed by atoms with Crippen molar-refractivity contribution in [2.45, 2.75) is 18.4 Å². The van der Waals surface area contributed by atoms with Crippen molar-refractivity contribution in [3.05, 3.63) is 59.7 Å². The van der Waals surface area contributed by atoms with Crippen LogP contribution in [0, 0.1) is 6.92 Å². The Hall–Kier alpha value is -1.56. The van der Waals surface area contributed by atoms with Gasteiger partial charge in [-0.1, -0.05) is 30.3 Å². The predicted octanol–water partition coefficient (Wildman–Crippen LogP) is 2.72. The van der Waals surface area contributed by atoms with Gasteiger partial charge >= 0.3 is 0 Å². The first-order chi connectivity index (χ1) is 10.1. The van der Waals surface area contributed by atoms with E-state index in [1.54, 1.807) is 18.2 Å². The van der Waals surface area contributed by atoms with Crippen molar-refractivity contribution in [2.75, 3.05) is 17.4 Å². The number of hydrogen-bond acceptors (Lipinski definition) is 3. The summed E-state index contributed by atoms with van der Waals surface area (Å²) in [6.45, 7) is 3.67. The summed E-state index contributed by atoms with van der Waals surface area (Å²) in [5.41, 5.74) is 2.72. The number of hydrogen-bond donors (Lipinski definition) is 1. The van der Waals surface area contributed by atoms with E-state index in [9.17, 15) is 8.42 Å². The summed E-state index contributed by atoms with van der Waals surface area (Å²) in [5.74, 6) is 0. The van der Waals surface area contributed by atoms with Crippen LogP contribution < -0.4 is 9.62 Å². The van der Waals surface area contributed by atoms with Crippen LogP contribution in [-0.2, 0) is 16.6 Å². The summed E-state index contributed by atoms with van der Waals surface area (Å²) in [7, 11) is -3.53. The van der Waals surface area contributed by atoms with Crippen LogP contribution in [0.2, 0.25) is 0 Å². The number of aryl methyl sites for hydroxylation is 1. The van der Waals surface area contributed by atoms with Crippen molar-refractivity contribution in [1.29, 1.82) is 0 Å². The molecule has 3 rings (SSSR count). The molecule has 1 aliphatic rings. The molecule has 0 atom stereocenters. The van der Waals surface area contributed by atoms with Crippen LogP contribution in [0.15, 0.2) is 53.4 Å². The van der Waals surface area contributed by atoms with Gasteiger partial charge < -0.3 is 5.32 Å². The fourth-order valence-corrected chi connectivity index (χ4v) is 4.19. The standard InChI is InChI=1S/C16H18N2O2S.ClH/c1-13-5-4-7-15(11-13)21(19,20)18-10-9-17-12-14-6-2-3-8-16(14)18;/h2-8,11,17H,9-10,12H2,1H3;1H. The van der Waals surface area contributed by atoms with Crippen LogP contribution in [0.4, 0.5) is 5.69 Å². The van der Waals surface area contributed by atoms with Crippen molar-refractivity contribution in [3.63, 3.8) is 0 Å². The molecule has 0 saturated heterocycles. The van der Waals surface area contributed by atoms with Gasteiger partial charge in [-0.05, 0) is 36.2 Å². The fraction of sp³-hybridized carbons (Fsp3) is 0.250. The summed E-state index contributed by atoms with van der Waals surface area (Å²) in [6, 6.07) is 14.7. The minimum Gasteiger partial charge on any atom is -0.311 e. The lowest BCUT2D eigenvalue weighted by Gasteiger charge is -2.24. The molecule has 22 heavy (non-hydrogen) atoms. The van der Waals surface area contributed by atoms with Gasteiger partial charge in [-0.2, -0.15) is 0 Å². The van der Waals surface area contributed by atoms with Crippen LogP contribution in [0.1, 0.15) is 11.1 Å². The average molecular weight is 339 g/mol. The number of benzene rings is 2. The maximum atomic E-state index is 13.0. The lowest BCUT2D eigenvalue weighted by atomic mass is 10.2. The van der Waals surface area contributed by atoms with E-state index >= 15 is 0 Å². The molecule has 0 aliphatic carbocycles. The number of sulfonamides is 1. The van der Waals surface area contributed by atoms with Gasteiger partial charge in [0.1, 0.15) is 0 Å². The SMILES string of the molecule is Cc1cccc(S(=O)(=O)N2CCNCc3ccccc32)c1.Cl.